The van der Waals surface area contributed by atoms with E-state index in [-0.39, 0.29) is 0 Å². The van der Waals surface area contributed by atoms with E-state index in [1.165, 1.54) is 0 Å². The van der Waals surface area contributed by atoms with Crippen LogP contribution in [0.2, 0.25) is 0 Å². The average Bonchev–Trinajstić information content (AvgIpc) is 2.51. The smallest absolute Gasteiger partial charge is 0.296 e. The Hall–Kier alpha value is -0.630. The number of H-pyrrole nitrogens is 1. The molecule has 4 nitrogen and oxygen atoms in total. The molecule has 0 spiro atoms. The zero-order valence-electron chi connectivity index (χ0n) is 6.75. The summed E-state index contributed by atoms with van der Waals surface area (Å²) >= 11 is 5.59. The largest absolute Gasteiger partial charge is 0.439 e. The zero-order chi connectivity index (χ0) is 10.1. The molecule has 6 heteroatoms. The Morgan fingerprint density at radius 1 is 1.50 bits per heavy atom. The maximum atomic E-state index is 10.7. The third-order valence-electron chi connectivity index (χ3n) is 1.63. The molecule has 0 radical (unpaired) electrons. The van der Waals surface area contributed by atoms with E-state index in [1.807, 2.05) is 18.2 Å². The molecule has 0 saturated heterocycles. The van der Waals surface area contributed by atoms with Crippen molar-refractivity contribution >= 4 is 38.5 Å². The SMILES string of the molecule is O=c1[nH]c(-c2ccc(I)cc2Br)no1. The second-order valence-corrected chi connectivity index (χ2v) is 4.67. The molecule has 0 unspecified atom stereocenters. The molecule has 1 N–H and O–H groups in total. The van der Waals surface area contributed by atoms with Crippen molar-refractivity contribution < 1.29 is 4.52 Å². The lowest BCUT2D eigenvalue weighted by molar-refractivity contribution is 0.388. The topological polar surface area (TPSA) is 58.9 Å². The van der Waals surface area contributed by atoms with E-state index in [0.717, 1.165) is 13.6 Å². The van der Waals surface area contributed by atoms with E-state index in [9.17, 15) is 4.79 Å². The first-order valence-corrected chi connectivity index (χ1v) is 5.55. The van der Waals surface area contributed by atoms with Crippen LogP contribution in [0.4, 0.5) is 0 Å². The lowest BCUT2D eigenvalue weighted by Gasteiger charge is -1.99. The van der Waals surface area contributed by atoms with Crippen molar-refractivity contribution in [2.24, 2.45) is 0 Å². The van der Waals surface area contributed by atoms with E-state index >= 15 is 0 Å². The zero-order valence-corrected chi connectivity index (χ0v) is 10.5. The third kappa shape index (κ3) is 1.90. The number of aromatic amines is 1. The highest BCUT2D eigenvalue weighted by molar-refractivity contribution is 14.1. The van der Waals surface area contributed by atoms with Crippen LogP contribution >= 0.6 is 38.5 Å². The van der Waals surface area contributed by atoms with Gasteiger partial charge in [-0.05, 0) is 56.7 Å². The first-order chi connectivity index (χ1) is 6.66. The Balaban J connectivity index is 2.57. The van der Waals surface area contributed by atoms with Crippen LogP contribution in [-0.4, -0.2) is 10.1 Å². The average molecular weight is 367 g/mol. The van der Waals surface area contributed by atoms with Crippen molar-refractivity contribution in [1.82, 2.24) is 10.1 Å². The molecule has 0 atom stereocenters. The van der Waals surface area contributed by atoms with Crippen LogP contribution in [0, 0.1) is 3.57 Å². The Bertz CT molecular complexity index is 520. The molecule has 0 aliphatic carbocycles. The van der Waals surface area contributed by atoms with Gasteiger partial charge in [-0.1, -0.05) is 5.16 Å². The fraction of sp³-hybridized carbons (Fsp3) is 0. The van der Waals surface area contributed by atoms with Crippen molar-refractivity contribution in [2.75, 3.05) is 0 Å². The van der Waals surface area contributed by atoms with Gasteiger partial charge in [0, 0.05) is 13.6 Å². The van der Waals surface area contributed by atoms with Crippen LogP contribution in [0.1, 0.15) is 0 Å². The van der Waals surface area contributed by atoms with Crippen molar-refractivity contribution in [3.05, 3.63) is 36.8 Å². The molecule has 0 fully saturated rings. The van der Waals surface area contributed by atoms with Gasteiger partial charge >= 0.3 is 5.76 Å². The number of rotatable bonds is 1. The van der Waals surface area contributed by atoms with Crippen LogP contribution in [0.5, 0.6) is 0 Å². The number of aromatic nitrogens is 2. The molecular weight excluding hydrogens is 363 g/mol. The summed E-state index contributed by atoms with van der Waals surface area (Å²) in [6.45, 7) is 0. The van der Waals surface area contributed by atoms with Crippen molar-refractivity contribution in [3.8, 4) is 11.4 Å². The standard InChI is InChI=1S/C8H4BrIN2O2/c9-6-3-4(10)1-2-5(6)7-11-8(13)14-12-7/h1-3H,(H,11,12,13). The van der Waals surface area contributed by atoms with Gasteiger partial charge in [0.15, 0.2) is 5.82 Å². The minimum atomic E-state index is -0.551. The third-order valence-corrected chi connectivity index (χ3v) is 2.95. The lowest BCUT2D eigenvalue weighted by atomic mass is 10.2. The van der Waals surface area contributed by atoms with Gasteiger partial charge in [-0.2, -0.15) is 0 Å². The normalized spacial score (nSPS) is 10.4. The van der Waals surface area contributed by atoms with E-state index in [0.29, 0.717) is 5.82 Å². The molecule has 0 aliphatic rings. The molecule has 1 aromatic heterocycles. The minimum Gasteiger partial charge on any atom is -0.296 e. The summed E-state index contributed by atoms with van der Waals surface area (Å²) in [6.07, 6.45) is 0. The molecule has 2 aromatic rings. The summed E-state index contributed by atoms with van der Waals surface area (Å²) in [5.74, 6) is -0.122. The summed E-state index contributed by atoms with van der Waals surface area (Å²) in [4.78, 5) is 13.2. The highest BCUT2D eigenvalue weighted by atomic mass is 127. The number of hydrogen-bond donors (Lipinski definition) is 1. The molecule has 0 bridgehead atoms. The first-order valence-electron chi connectivity index (χ1n) is 3.68. The van der Waals surface area contributed by atoms with Crippen molar-refractivity contribution in [1.29, 1.82) is 0 Å². The minimum absolute atomic E-state index is 0.429. The molecular formula is C8H4BrIN2O2. The predicted octanol–water partition coefficient (Wildman–Crippen LogP) is 2.40. The molecule has 72 valence electrons. The van der Waals surface area contributed by atoms with Crippen LogP contribution in [0.25, 0.3) is 11.4 Å². The number of nitrogens with zero attached hydrogens (tertiary/aromatic N) is 1. The Kier molecular flexibility index (Phi) is 2.73. The Morgan fingerprint density at radius 3 is 2.86 bits per heavy atom. The van der Waals surface area contributed by atoms with E-state index < -0.39 is 5.76 Å². The molecule has 2 rings (SSSR count). The summed E-state index contributed by atoms with van der Waals surface area (Å²) in [5, 5.41) is 3.60. The Morgan fingerprint density at radius 2 is 2.29 bits per heavy atom. The van der Waals surface area contributed by atoms with Gasteiger partial charge in [0.1, 0.15) is 0 Å². The van der Waals surface area contributed by atoms with Crippen molar-refractivity contribution in [3.63, 3.8) is 0 Å². The van der Waals surface area contributed by atoms with Gasteiger partial charge in [-0.15, -0.1) is 0 Å². The fourth-order valence-corrected chi connectivity index (χ4v) is 2.51. The van der Waals surface area contributed by atoms with Gasteiger partial charge in [0.25, 0.3) is 0 Å². The first kappa shape index (κ1) is 9.91. The van der Waals surface area contributed by atoms with Gasteiger partial charge in [0.05, 0.1) is 0 Å². The summed E-state index contributed by atoms with van der Waals surface area (Å²) in [5.41, 5.74) is 0.802. The molecule has 14 heavy (non-hydrogen) atoms. The van der Waals surface area contributed by atoms with Crippen LogP contribution in [0.3, 0.4) is 0 Å². The lowest BCUT2D eigenvalue weighted by Crippen LogP contribution is -1.95. The quantitative estimate of drug-likeness (QED) is 0.788. The highest BCUT2D eigenvalue weighted by Crippen LogP contribution is 2.26. The number of nitrogens with one attached hydrogen (secondary N) is 1. The van der Waals surface area contributed by atoms with Gasteiger partial charge in [-0.3, -0.25) is 9.51 Å². The van der Waals surface area contributed by atoms with E-state index in [2.05, 4.69) is 53.2 Å². The molecule has 0 aliphatic heterocycles. The fourth-order valence-electron chi connectivity index (χ4n) is 1.03. The van der Waals surface area contributed by atoms with E-state index in [1.54, 1.807) is 0 Å². The number of benzene rings is 1. The molecule has 0 amide bonds. The second-order valence-electron chi connectivity index (χ2n) is 2.57. The van der Waals surface area contributed by atoms with E-state index in [4.69, 9.17) is 0 Å². The summed E-state index contributed by atoms with van der Waals surface area (Å²) in [6, 6.07) is 5.72. The predicted molar refractivity (Wildman–Crippen MR) is 63.0 cm³/mol. The van der Waals surface area contributed by atoms with Crippen molar-refractivity contribution in [2.45, 2.75) is 0 Å². The monoisotopic (exact) mass is 366 g/mol. The highest BCUT2D eigenvalue weighted by Gasteiger charge is 2.08. The summed E-state index contributed by atoms with van der Waals surface area (Å²) in [7, 11) is 0. The molecule has 1 heterocycles. The van der Waals surface area contributed by atoms with Gasteiger partial charge < -0.3 is 0 Å². The van der Waals surface area contributed by atoms with Crippen LogP contribution in [0.15, 0.2) is 32.0 Å². The number of hydrogen-bond acceptors (Lipinski definition) is 3. The second kappa shape index (κ2) is 3.85. The summed E-state index contributed by atoms with van der Waals surface area (Å²) < 4.78 is 6.39. The van der Waals surface area contributed by atoms with Gasteiger partial charge in [-0.25, -0.2) is 4.79 Å². The van der Waals surface area contributed by atoms with Gasteiger partial charge in [0.2, 0.25) is 0 Å². The van der Waals surface area contributed by atoms with Crippen LogP contribution < -0.4 is 5.76 Å². The molecule has 0 saturated carbocycles. The molecule has 1 aromatic carbocycles. The maximum absolute atomic E-state index is 10.7. The Labute approximate surface area is 101 Å². The maximum Gasteiger partial charge on any atom is 0.439 e. The number of halogens is 2. The van der Waals surface area contributed by atoms with Crippen LogP contribution in [-0.2, 0) is 0 Å².